The highest BCUT2D eigenvalue weighted by Gasteiger charge is 2.38. The second-order valence-corrected chi connectivity index (χ2v) is 8.80. The van der Waals surface area contributed by atoms with Crippen LogP contribution < -0.4 is 4.74 Å². The minimum absolute atomic E-state index is 0.0297. The van der Waals surface area contributed by atoms with Crippen molar-refractivity contribution in [1.29, 1.82) is 0 Å². The lowest BCUT2D eigenvalue weighted by Crippen LogP contribution is -2.43. The quantitative estimate of drug-likeness (QED) is 0.351. The number of amides is 1. The lowest BCUT2D eigenvalue weighted by atomic mass is 9.83. The maximum atomic E-state index is 13.4. The van der Waals surface area contributed by atoms with Gasteiger partial charge in [0.05, 0.1) is 25.3 Å². The van der Waals surface area contributed by atoms with Gasteiger partial charge in [0, 0.05) is 35.2 Å². The zero-order chi connectivity index (χ0) is 24.7. The van der Waals surface area contributed by atoms with Gasteiger partial charge >= 0.3 is 5.97 Å². The molecule has 0 spiro atoms. The van der Waals surface area contributed by atoms with Crippen molar-refractivity contribution in [3.8, 4) is 5.75 Å². The van der Waals surface area contributed by atoms with Crippen molar-refractivity contribution in [2.45, 2.75) is 45.8 Å². The number of allylic oxidation sites excluding steroid dienone is 6. The number of carbonyl (C=O) groups excluding carboxylic acids is 2. The summed E-state index contributed by atoms with van der Waals surface area (Å²) in [5.74, 6) is -0.406. The van der Waals surface area contributed by atoms with Crippen molar-refractivity contribution in [3.05, 3.63) is 76.5 Å². The van der Waals surface area contributed by atoms with Gasteiger partial charge in [-0.25, -0.2) is 4.79 Å². The Morgan fingerprint density at radius 3 is 2.76 bits per heavy atom. The van der Waals surface area contributed by atoms with Gasteiger partial charge in [-0.2, -0.15) is 0 Å². The van der Waals surface area contributed by atoms with Gasteiger partial charge < -0.3 is 19.1 Å². The fourth-order valence-corrected chi connectivity index (χ4v) is 4.31. The van der Waals surface area contributed by atoms with Crippen molar-refractivity contribution in [1.82, 2.24) is 4.90 Å². The van der Waals surface area contributed by atoms with Crippen molar-refractivity contribution in [2.24, 2.45) is 5.92 Å². The summed E-state index contributed by atoms with van der Waals surface area (Å²) in [7, 11) is 1.57. The van der Waals surface area contributed by atoms with E-state index in [2.05, 4.69) is 6.58 Å². The summed E-state index contributed by atoms with van der Waals surface area (Å²) in [6.07, 6.45) is 7.17. The van der Waals surface area contributed by atoms with Gasteiger partial charge in [0.15, 0.2) is 0 Å². The Hall–Kier alpha value is -2.83. The van der Waals surface area contributed by atoms with Crippen LogP contribution in [0.25, 0.3) is 0 Å². The van der Waals surface area contributed by atoms with E-state index in [9.17, 15) is 9.59 Å². The molecule has 1 aromatic rings. The Morgan fingerprint density at radius 2 is 2.09 bits per heavy atom. The molecule has 2 aliphatic rings. The summed E-state index contributed by atoms with van der Waals surface area (Å²) < 4.78 is 16.8. The number of nitrogens with zero attached hydrogens (tertiary/aromatic N) is 1. The lowest BCUT2D eigenvalue weighted by molar-refractivity contribution is -0.142. The molecule has 34 heavy (non-hydrogen) atoms. The van der Waals surface area contributed by atoms with Crippen molar-refractivity contribution < 1.29 is 23.8 Å². The van der Waals surface area contributed by atoms with E-state index in [4.69, 9.17) is 25.8 Å². The third-order valence-corrected chi connectivity index (χ3v) is 6.53. The Kier molecular flexibility index (Phi) is 9.13. The smallest absolute Gasteiger partial charge is 0.336 e. The molecule has 0 N–H and O–H groups in total. The summed E-state index contributed by atoms with van der Waals surface area (Å²) >= 11 is 6.10. The summed E-state index contributed by atoms with van der Waals surface area (Å²) in [5.41, 5.74) is 2.38. The molecular formula is C27H32ClNO5. The molecule has 1 fully saturated rings. The Balaban J connectivity index is 1.89. The molecule has 1 saturated heterocycles. The fourth-order valence-electron chi connectivity index (χ4n) is 4.25. The third kappa shape index (κ3) is 6.19. The summed E-state index contributed by atoms with van der Waals surface area (Å²) in [6.45, 7) is 8.92. The maximum Gasteiger partial charge on any atom is 0.336 e. The molecule has 1 amide bonds. The zero-order valence-corrected chi connectivity index (χ0v) is 20.8. The topological polar surface area (TPSA) is 65.1 Å². The standard InChI is InChI=1S/C27H32ClNO5/c1-5-21(28)13-12-18(2)23-15-25(30)29(16-22-10-8-14-33-22)19(3)26(23)27(31)34-17-20-9-6-7-11-24(20)32-4/h5-7,9,11-13,22-23H,2,8,10,14-17H2,1,3-4H3/b13-12-,21-5+/t22-,23-/m0/s1. The van der Waals surface area contributed by atoms with Gasteiger partial charge in [-0.15, -0.1) is 0 Å². The molecule has 3 rings (SSSR count). The predicted octanol–water partition coefficient (Wildman–Crippen LogP) is 5.29. The van der Waals surface area contributed by atoms with Crippen LogP contribution in [0.1, 0.15) is 38.7 Å². The molecule has 2 aliphatic heterocycles. The number of rotatable bonds is 9. The van der Waals surface area contributed by atoms with E-state index in [1.54, 1.807) is 37.2 Å². The molecule has 0 aliphatic carbocycles. The molecule has 0 saturated carbocycles. The molecular weight excluding hydrogens is 454 g/mol. The first kappa shape index (κ1) is 25.8. The Bertz CT molecular complexity index is 1020. The molecule has 2 heterocycles. The Labute approximate surface area is 206 Å². The van der Waals surface area contributed by atoms with Crippen LogP contribution in [-0.2, 0) is 25.7 Å². The van der Waals surface area contributed by atoms with Crippen LogP contribution in [0, 0.1) is 5.92 Å². The van der Waals surface area contributed by atoms with Crippen LogP contribution in [-0.4, -0.2) is 43.1 Å². The van der Waals surface area contributed by atoms with E-state index >= 15 is 0 Å². The molecule has 0 radical (unpaired) electrons. The second-order valence-electron chi connectivity index (χ2n) is 8.36. The van der Waals surface area contributed by atoms with Crippen LogP contribution >= 0.6 is 11.6 Å². The van der Waals surface area contributed by atoms with Gasteiger partial charge in [0.1, 0.15) is 12.4 Å². The van der Waals surface area contributed by atoms with E-state index in [-0.39, 0.29) is 25.0 Å². The molecule has 6 nitrogen and oxygen atoms in total. The van der Waals surface area contributed by atoms with E-state index in [1.165, 1.54) is 0 Å². The number of halogens is 1. The van der Waals surface area contributed by atoms with Crippen molar-refractivity contribution >= 4 is 23.5 Å². The van der Waals surface area contributed by atoms with Crippen LogP contribution in [0.3, 0.4) is 0 Å². The lowest BCUT2D eigenvalue weighted by Gasteiger charge is -2.35. The maximum absolute atomic E-state index is 13.4. The zero-order valence-electron chi connectivity index (χ0n) is 20.0. The monoisotopic (exact) mass is 485 g/mol. The first-order valence-corrected chi connectivity index (χ1v) is 11.8. The molecule has 0 unspecified atom stereocenters. The number of para-hydroxylation sites is 1. The third-order valence-electron chi connectivity index (χ3n) is 6.18. The van der Waals surface area contributed by atoms with Gasteiger partial charge in [-0.3, -0.25) is 4.79 Å². The first-order valence-electron chi connectivity index (χ1n) is 11.5. The summed E-state index contributed by atoms with van der Waals surface area (Å²) in [6, 6.07) is 7.38. The summed E-state index contributed by atoms with van der Waals surface area (Å²) in [4.78, 5) is 28.1. The largest absolute Gasteiger partial charge is 0.496 e. The van der Waals surface area contributed by atoms with E-state index in [1.807, 2.05) is 31.2 Å². The highest BCUT2D eigenvalue weighted by atomic mass is 35.5. The average Bonchev–Trinajstić information content (AvgIpc) is 3.36. The highest BCUT2D eigenvalue weighted by Crippen LogP contribution is 2.36. The molecule has 2 atom stereocenters. The molecule has 182 valence electrons. The van der Waals surface area contributed by atoms with E-state index in [0.717, 1.165) is 18.4 Å². The van der Waals surface area contributed by atoms with Crippen LogP contribution in [0.2, 0.25) is 0 Å². The van der Waals surface area contributed by atoms with Crippen LogP contribution in [0.15, 0.2) is 70.9 Å². The van der Waals surface area contributed by atoms with E-state index in [0.29, 0.717) is 40.8 Å². The number of ether oxygens (including phenoxy) is 3. The minimum Gasteiger partial charge on any atom is -0.496 e. The number of hydrogen-bond donors (Lipinski definition) is 0. The molecule has 7 heteroatoms. The average molecular weight is 486 g/mol. The molecule has 0 aromatic heterocycles. The predicted molar refractivity (Wildman–Crippen MR) is 132 cm³/mol. The number of benzene rings is 1. The van der Waals surface area contributed by atoms with Crippen LogP contribution in [0.5, 0.6) is 5.75 Å². The highest BCUT2D eigenvalue weighted by molar-refractivity contribution is 6.31. The summed E-state index contributed by atoms with van der Waals surface area (Å²) in [5, 5.41) is 0.546. The number of methoxy groups -OCH3 is 1. The van der Waals surface area contributed by atoms with Gasteiger partial charge in [0.2, 0.25) is 5.91 Å². The van der Waals surface area contributed by atoms with Crippen LogP contribution in [0.4, 0.5) is 0 Å². The molecule has 0 bridgehead atoms. The Morgan fingerprint density at radius 1 is 1.32 bits per heavy atom. The SMILES string of the molecule is C=C(/C=C\C(Cl)=C/C)[C@@H]1CC(=O)N(C[C@@H]2CCCO2)C(C)=C1C(=O)OCc1ccccc1OC. The van der Waals surface area contributed by atoms with Gasteiger partial charge in [-0.05, 0) is 44.4 Å². The minimum atomic E-state index is -0.504. The van der Waals surface area contributed by atoms with E-state index < -0.39 is 11.9 Å². The van der Waals surface area contributed by atoms with Gasteiger partial charge in [-0.1, -0.05) is 48.5 Å². The fraction of sp³-hybridized carbons (Fsp3) is 0.407. The number of hydrogen-bond acceptors (Lipinski definition) is 5. The van der Waals surface area contributed by atoms with Gasteiger partial charge in [0.25, 0.3) is 0 Å². The number of carbonyl (C=O) groups is 2. The second kappa shape index (κ2) is 12.0. The molecule has 1 aromatic carbocycles. The van der Waals surface area contributed by atoms with Crippen molar-refractivity contribution in [3.63, 3.8) is 0 Å². The number of esters is 1. The first-order chi connectivity index (χ1) is 16.3. The van der Waals surface area contributed by atoms with Crippen molar-refractivity contribution in [2.75, 3.05) is 20.3 Å². The normalized spacial score (nSPS) is 21.4.